The van der Waals surface area contributed by atoms with Crippen molar-refractivity contribution in [3.63, 3.8) is 0 Å². The Labute approximate surface area is 83.6 Å². The van der Waals surface area contributed by atoms with E-state index in [1.54, 1.807) is 12.4 Å². The molecule has 3 N–H and O–H groups in total. The van der Waals surface area contributed by atoms with Crippen molar-refractivity contribution >= 4 is 0 Å². The van der Waals surface area contributed by atoms with Crippen LogP contribution in [0.4, 0.5) is 0 Å². The Hall–Kier alpha value is -0.970. The molecule has 1 atom stereocenters. The zero-order chi connectivity index (χ0) is 10.4. The smallest absolute Gasteiger partial charge is 0.0607 e. The van der Waals surface area contributed by atoms with Crippen LogP contribution in [0.5, 0.6) is 0 Å². The van der Waals surface area contributed by atoms with Crippen molar-refractivity contribution in [3.05, 3.63) is 30.1 Å². The standard InChI is InChI=1S/C10H16N2O2/c1-8(12-10(6-13)7-14)9-3-2-4-11-5-9/h2-5,8,10,12-14H,6-7H2,1H3/t8-/m0/s1. The molecular formula is C10H16N2O2. The van der Waals surface area contributed by atoms with Gasteiger partial charge >= 0.3 is 0 Å². The lowest BCUT2D eigenvalue weighted by Gasteiger charge is -2.19. The second-order valence-corrected chi connectivity index (χ2v) is 3.24. The molecule has 0 aliphatic carbocycles. The molecule has 0 unspecified atom stereocenters. The van der Waals surface area contributed by atoms with E-state index in [1.807, 2.05) is 19.1 Å². The highest BCUT2D eigenvalue weighted by atomic mass is 16.3. The van der Waals surface area contributed by atoms with Crippen molar-refractivity contribution in [2.75, 3.05) is 13.2 Å². The zero-order valence-corrected chi connectivity index (χ0v) is 8.22. The second-order valence-electron chi connectivity index (χ2n) is 3.24. The third-order valence-corrected chi connectivity index (χ3v) is 2.11. The van der Waals surface area contributed by atoms with Crippen LogP contribution < -0.4 is 5.32 Å². The molecule has 1 aromatic heterocycles. The van der Waals surface area contributed by atoms with Gasteiger partial charge in [-0.2, -0.15) is 0 Å². The molecule has 1 rings (SSSR count). The minimum absolute atomic E-state index is 0.0684. The van der Waals surface area contributed by atoms with E-state index >= 15 is 0 Å². The van der Waals surface area contributed by atoms with Crippen molar-refractivity contribution in [2.45, 2.75) is 19.0 Å². The lowest BCUT2D eigenvalue weighted by molar-refractivity contribution is 0.163. The Morgan fingerprint density at radius 3 is 2.64 bits per heavy atom. The topological polar surface area (TPSA) is 65.4 Å². The summed E-state index contributed by atoms with van der Waals surface area (Å²) in [5.41, 5.74) is 1.04. The maximum Gasteiger partial charge on any atom is 0.0607 e. The Morgan fingerprint density at radius 1 is 1.43 bits per heavy atom. The van der Waals surface area contributed by atoms with Gasteiger partial charge in [0.05, 0.1) is 19.3 Å². The number of nitrogens with one attached hydrogen (secondary N) is 1. The van der Waals surface area contributed by atoms with Crippen LogP contribution >= 0.6 is 0 Å². The molecule has 0 spiro atoms. The molecule has 4 heteroatoms. The summed E-state index contributed by atoms with van der Waals surface area (Å²) >= 11 is 0. The fourth-order valence-electron chi connectivity index (χ4n) is 1.25. The van der Waals surface area contributed by atoms with Crippen molar-refractivity contribution < 1.29 is 10.2 Å². The van der Waals surface area contributed by atoms with Gasteiger partial charge in [-0.05, 0) is 18.6 Å². The average Bonchev–Trinajstić information content (AvgIpc) is 2.26. The molecule has 0 bridgehead atoms. The number of rotatable bonds is 5. The van der Waals surface area contributed by atoms with Gasteiger partial charge in [-0.1, -0.05) is 6.07 Å². The van der Waals surface area contributed by atoms with Gasteiger partial charge in [-0.25, -0.2) is 0 Å². The van der Waals surface area contributed by atoms with E-state index in [-0.39, 0.29) is 25.3 Å². The molecule has 1 aromatic rings. The van der Waals surface area contributed by atoms with E-state index in [0.29, 0.717) is 0 Å². The van der Waals surface area contributed by atoms with Crippen LogP contribution in [0.25, 0.3) is 0 Å². The molecule has 4 nitrogen and oxygen atoms in total. The van der Waals surface area contributed by atoms with Gasteiger partial charge in [0.2, 0.25) is 0 Å². The molecule has 0 amide bonds. The molecule has 0 saturated carbocycles. The number of pyridine rings is 1. The zero-order valence-electron chi connectivity index (χ0n) is 8.22. The number of aromatic nitrogens is 1. The Kier molecular flexibility index (Phi) is 4.52. The molecule has 0 aliphatic rings. The average molecular weight is 196 g/mol. The Bertz CT molecular complexity index is 250. The number of nitrogens with zero attached hydrogens (tertiary/aromatic N) is 1. The first-order valence-electron chi connectivity index (χ1n) is 4.65. The van der Waals surface area contributed by atoms with Crippen LogP contribution in [0.3, 0.4) is 0 Å². The van der Waals surface area contributed by atoms with Crippen molar-refractivity contribution in [2.24, 2.45) is 0 Å². The van der Waals surface area contributed by atoms with Crippen molar-refractivity contribution in [1.82, 2.24) is 10.3 Å². The molecule has 14 heavy (non-hydrogen) atoms. The molecule has 0 aromatic carbocycles. The van der Waals surface area contributed by atoms with Crippen LogP contribution in [0.15, 0.2) is 24.5 Å². The summed E-state index contributed by atoms with van der Waals surface area (Å²) in [7, 11) is 0. The van der Waals surface area contributed by atoms with E-state index in [0.717, 1.165) is 5.56 Å². The first kappa shape index (κ1) is 11.1. The Morgan fingerprint density at radius 2 is 2.14 bits per heavy atom. The van der Waals surface area contributed by atoms with E-state index < -0.39 is 0 Å². The number of hydrogen-bond acceptors (Lipinski definition) is 4. The summed E-state index contributed by atoms with van der Waals surface area (Å²) in [5.74, 6) is 0. The summed E-state index contributed by atoms with van der Waals surface area (Å²) in [5, 5.41) is 20.9. The maximum atomic E-state index is 8.88. The van der Waals surface area contributed by atoms with Crippen LogP contribution in [0.1, 0.15) is 18.5 Å². The molecule has 0 aliphatic heterocycles. The van der Waals surface area contributed by atoms with Gasteiger partial charge in [0, 0.05) is 18.4 Å². The first-order valence-corrected chi connectivity index (χ1v) is 4.65. The summed E-state index contributed by atoms with van der Waals surface area (Å²) < 4.78 is 0. The van der Waals surface area contributed by atoms with Crippen molar-refractivity contribution in [3.8, 4) is 0 Å². The molecule has 0 saturated heterocycles. The van der Waals surface area contributed by atoms with E-state index in [9.17, 15) is 0 Å². The summed E-state index contributed by atoms with van der Waals surface area (Å²) in [4.78, 5) is 4.00. The molecular weight excluding hydrogens is 180 g/mol. The van der Waals surface area contributed by atoms with Gasteiger partial charge in [0.25, 0.3) is 0 Å². The quantitative estimate of drug-likeness (QED) is 0.624. The van der Waals surface area contributed by atoms with Gasteiger partial charge < -0.3 is 15.5 Å². The molecule has 0 fully saturated rings. The lowest BCUT2D eigenvalue weighted by Crippen LogP contribution is -2.37. The van der Waals surface area contributed by atoms with E-state index in [2.05, 4.69) is 10.3 Å². The number of hydrogen-bond donors (Lipinski definition) is 3. The summed E-state index contributed by atoms with van der Waals surface area (Å²) in [6, 6.07) is 3.62. The van der Waals surface area contributed by atoms with Crippen molar-refractivity contribution in [1.29, 1.82) is 0 Å². The predicted octanol–water partition coefficient (Wildman–Crippen LogP) is 0.0854. The third-order valence-electron chi connectivity index (χ3n) is 2.11. The minimum atomic E-state index is -0.273. The fourth-order valence-corrected chi connectivity index (χ4v) is 1.25. The monoisotopic (exact) mass is 196 g/mol. The van der Waals surface area contributed by atoms with Crippen LogP contribution in [0, 0.1) is 0 Å². The SMILES string of the molecule is C[C@H](NC(CO)CO)c1cccnc1. The van der Waals surface area contributed by atoms with Gasteiger partial charge in [-0.15, -0.1) is 0 Å². The van der Waals surface area contributed by atoms with Gasteiger partial charge in [0.1, 0.15) is 0 Å². The highest BCUT2D eigenvalue weighted by molar-refractivity contribution is 5.12. The predicted molar refractivity (Wildman–Crippen MR) is 53.7 cm³/mol. The number of aliphatic hydroxyl groups is 2. The largest absolute Gasteiger partial charge is 0.395 e. The van der Waals surface area contributed by atoms with Crippen LogP contribution in [-0.4, -0.2) is 34.5 Å². The highest BCUT2D eigenvalue weighted by Crippen LogP contribution is 2.10. The second kappa shape index (κ2) is 5.70. The van der Waals surface area contributed by atoms with Gasteiger partial charge in [-0.3, -0.25) is 4.98 Å². The molecule has 78 valence electrons. The van der Waals surface area contributed by atoms with E-state index in [4.69, 9.17) is 10.2 Å². The normalized spacial score (nSPS) is 13.1. The van der Waals surface area contributed by atoms with Gasteiger partial charge in [0.15, 0.2) is 0 Å². The highest BCUT2D eigenvalue weighted by Gasteiger charge is 2.11. The molecule has 1 heterocycles. The third kappa shape index (κ3) is 3.06. The van der Waals surface area contributed by atoms with Crippen LogP contribution in [0.2, 0.25) is 0 Å². The summed E-state index contributed by atoms with van der Waals surface area (Å²) in [6.45, 7) is 1.83. The lowest BCUT2D eigenvalue weighted by atomic mass is 10.1. The molecule has 0 radical (unpaired) electrons. The van der Waals surface area contributed by atoms with Crippen LogP contribution in [-0.2, 0) is 0 Å². The maximum absolute atomic E-state index is 8.88. The van der Waals surface area contributed by atoms with E-state index in [1.165, 1.54) is 0 Å². The summed E-state index contributed by atoms with van der Waals surface area (Å²) in [6.07, 6.45) is 3.48. The minimum Gasteiger partial charge on any atom is -0.395 e. The Balaban J connectivity index is 2.54. The number of aliphatic hydroxyl groups excluding tert-OH is 2. The fraction of sp³-hybridized carbons (Fsp3) is 0.500. The first-order chi connectivity index (χ1) is 6.77.